The second kappa shape index (κ2) is 7.40. The zero-order valence-electron chi connectivity index (χ0n) is 16.1. The van der Waals surface area contributed by atoms with E-state index in [1.54, 1.807) is 45.3 Å². The molecule has 146 valence electrons. The van der Waals surface area contributed by atoms with Crippen molar-refractivity contribution in [3.05, 3.63) is 59.2 Å². The number of aromatic amines is 1. The Morgan fingerprint density at radius 1 is 1.25 bits per heavy atom. The Kier molecular flexibility index (Phi) is 5.15. The Bertz CT molecular complexity index is 1040. The molecule has 0 spiro atoms. The van der Waals surface area contributed by atoms with Gasteiger partial charge < -0.3 is 20.1 Å². The minimum absolute atomic E-state index is 0.0132. The van der Waals surface area contributed by atoms with Gasteiger partial charge in [0.1, 0.15) is 23.0 Å². The molecule has 1 unspecified atom stereocenters. The zero-order valence-corrected chi connectivity index (χ0v) is 16.1. The van der Waals surface area contributed by atoms with Crippen LogP contribution in [0.1, 0.15) is 59.0 Å². The number of carbonyl (C=O) groups is 2. The van der Waals surface area contributed by atoms with E-state index in [0.29, 0.717) is 11.2 Å². The lowest BCUT2D eigenvalue weighted by Crippen LogP contribution is -2.25. The number of nitrogens with one attached hydrogen (secondary N) is 2. The average molecular weight is 382 g/mol. The molecule has 3 rings (SSSR count). The van der Waals surface area contributed by atoms with Gasteiger partial charge in [-0.1, -0.05) is 0 Å². The van der Waals surface area contributed by atoms with Crippen LogP contribution in [0.15, 0.2) is 36.7 Å². The van der Waals surface area contributed by atoms with Gasteiger partial charge in [-0.05, 0) is 50.6 Å². The fourth-order valence-corrected chi connectivity index (χ4v) is 2.77. The number of amides is 1. The fraction of sp³-hybridized carbons (Fsp3) is 0.300. The van der Waals surface area contributed by atoms with Crippen molar-refractivity contribution in [3.8, 4) is 0 Å². The average Bonchev–Trinajstić information content (AvgIpc) is 3.13. The highest BCUT2D eigenvalue weighted by molar-refractivity contribution is 5.96. The van der Waals surface area contributed by atoms with Crippen molar-refractivity contribution in [2.75, 3.05) is 7.05 Å². The number of aromatic nitrogens is 3. The van der Waals surface area contributed by atoms with Gasteiger partial charge in [0.15, 0.2) is 0 Å². The molecular weight excluding hydrogens is 360 g/mol. The normalized spacial score (nSPS) is 12.6. The predicted molar refractivity (Wildman–Crippen MR) is 103 cm³/mol. The van der Waals surface area contributed by atoms with Crippen LogP contribution in [0, 0.1) is 0 Å². The second-order valence-electron chi connectivity index (χ2n) is 7.29. The van der Waals surface area contributed by atoms with Crippen LogP contribution in [0.2, 0.25) is 0 Å². The predicted octanol–water partition coefficient (Wildman–Crippen LogP) is 2.35. The first-order valence-corrected chi connectivity index (χ1v) is 8.77. The lowest BCUT2D eigenvalue weighted by molar-refractivity contribution is 0.00691. The maximum atomic E-state index is 12.5. The molecule has 0 aromatic carbocycles. The number of carbonyl (C=O) groups excluding carboxylic acids is 2. The lowest BCUT2D eigenvalue weighted by atomic mass is 10.0. The summed E-state index contributed by atoms with van der Waals surface area (Å²) in [5, 5.41) is 14.1. The van der Waals surface area contributed by atoms with Crippen molar-refractivity contribution in [1.82, 2.24) is 20.3 Å². The molecule has 3 N–H and O–H groups in total. The van der Waals surface area contributed by atoms with Crippen LogP contribution >= 0.6 is 0 Å². The number of hydrogen-bond donors (Lipinski definition) is 3. The maximum absolute atomic E-state index is 12.5. The fourth-order valence-electron chi connectivity index (χ4n) is 2.77. The van der Waals surface area contributed by atoms with Gasteiger partial charge in [-0.2, -0.15) is 0 Å². The Morgan fingerprint density at radius 2 is 2.00 bits per heavy atom. The van der Waals surface area contributed by atoms with Crippen LogP contribution in [-0.4, -0.2) is 44.6 Å². The van der Waals surface area contributed by atoms with Gasteiger partial charge in [-0.15, -0.1) is 0 Å². The summed E-state index contributed by atoms with van der Waals surface area (Å²) in [5.41, 5.74) is 0.788. The maximum Gasteiger partial charge on any atom is 0.338 e. The van der Waals surface area contributed by atoms with Crippen LogP contribution < -0.4 is 5.32 Å². The third kappa shape index (κ3) is 4.01. The highest BCUT2D eigenvalue weighted by Crippen LogP contribution is 2.28. The minimum atomic E-state index is -1.16. The Balaban J connectivity index is 2.09. The summed E-state index contributed by atoms with van der Waals surface area (Å²) < 4.78 is 5.40. The number of nitrogens with zero attached hydrogens (tertiary/aromatic N) is 2. The van der Waals surface area contributed by atoms with Crippen molar-refractivity contribution < 1.29 is 19.4 Å². The largest absolute Gasteiger partial charge is 0.456 e. The topological polar surface area (TPSA) is 117 Å². The van der Waals surface area contributed by atoms with Crippen LogP contribution in [0.5, 0.6) is 0 Å². The molecule has 0 fully saturated rings. The molecule has 3 aromatic rings. The highest BCUT2D eigenvalue weighted by atomic mass is 16.6. The van der Waals surface area contributed by atoms with E-state index in [1.807, 2.05) is 0 Å². The molecule has 0 aliphatic rings. The third-order valence-electron chi connectivity index (χ3n) is 4.01. The smallest absolute Gasteiger partial charge is 0.338 e. The van der Waals surface area contributed by atoms with Crippen LogP contribution in [0.3, 0.4) is 0 Å². The van der Waals surface area contributed by atoms with Crippen molar-refractivity contribution in [3.63, 3.8) is 0 Å². The van der Waals surface area contributed by atoms with E-state index in [1.165, 1.54) is 19.2 Å². The Morgan fingerprint density at radius 3 is 2.68 bits per heavy atom. The highest BCUT2D eigenvalue weighted by Gasteiger charge is 2.23. The SMILES string of the molecule is CNC(=O)c1cc(C(=O)OC(C)(C)C)cc(C(O)c2ccnc3[nH]ccc23)n1. The molecule has 1 atom stereocenters. The monoisotopic (exact) mass is 382 g/mol. The number of fused-ring (bicyclic) bond motifs is 1. The first-order valence-electron chi connectivity index (χ1n) is 8.77. The van der Waals surface area contributed by atoms with Crippen molar-refractivity contribution in [2.45, 2.75) is 32.5 Å². The number of H-pyrrole nitrogens is 1. The van der Waals surface area contributed by atoms with E-state index in [2.05, 4.69) is 20.3 Å². The molecule has 8 heteroatoms. The number of aliphatic hydroxyl groups is 1. The van der Waals surface area contributed by atoms with Gasteiger partial charge >= 0.3 is 5.97 Å². The number of esters is 1. The standard InChI is InChI=1S/C20H22N4O4/c1-20(2,3)28-19(27)11-9-14(24-15(10-11)18(26)21-4)16(25)12-5-7-22-17-13(12)6-8-23-17/h5-10,16,25H,1-4H3,(H,21,26)(H,22,23). The summed E-state index contributed by atoms with van der Waals surface area (Å²) in [4.78, 5) is 36.1. The molecule has 3 aromatic heterocycles. The van der Waals surface area contributed by atoms with Gasteiger partial charge in [-0.3, -0.25) is 4.79 Å². The number of rotatable bonds is 4. The third-order valence-corrected chi connectivity index (χ3v) is 4.01. The van der Waals surface area contributed by atoms with E-state index in [-0.39, 0.29) is 17.0 Å². The molecule has 28 heavy (non-hydrogen) atoms. The molecule has 0 saturated heterocycles. The van der Waals surface area contributed by atoms with Gasteiger partial charge in [-0.25, -0.2) is 14.8 Å². The molecule has 3 heterocycles. The molecule has 1 amide bonds. The summed E-state index contributed by atoms with van der Waals surface area (Å²) in [6.45, 7) is 5.25. The lowest BCUT2D eigenvalue weighted by Gasteiger charge is -2.20. The Labute approximate surface area is 162 Å². The van der Waals surface area contributed by atoms with Gasteiger partial charge in [0.2, 0.25) is 0 Å². The summed E-state index contributed by atoms with van der Waals surface area (Å²) >= 11 is 0. The van der Waals surface area contributed by atoms with Crippen molar-refractivity contribution in [2.24, 2.45) is 0 Å². The molecule has 0 aliphatic heterocycles. The molecule has 8 nitrogen and oxygen atoms in total. The first kappa shape index (κ1) is 19.5. The second-order valence-corrected chi connectivity index (χ2v) is 7.29. The van der Waals surface area contributed by atoms with Crippen LogP contribution in [-0.2, 0) is 4.74 Å². The minimum Gasteiger partial charge on any atom is -0.456 e. The number of pyridine rings is 2. The first-order chi connectivity index (χ1) is 13.2. The zero-order chi connectivity index (χ0) is 20.5. The van der Waals surface area contributed by atoms with Gasteiger partial charge in [0.05, 0.1) is 11.3 Å². The molecule has 0 bridgehead atoms. The number of aliphatic hydroxyl groups excluding tert-OH is 1. The summed E-state index contributed by atoms with van der Waals surface area (Å²) in [5.74, 6) is -1.07. The molecule has 0 saturated carbocycles. The summed E-state index contributed by atoms with van der Waals surface area (Å²) in [7, 11) is 1.46. The molecule has 0 aliphatic carbocycles. The van der Waals surface area contributed by atoms with Crippen LogP contribution in [0.25, 0.3) is 11.0 Å². The van der Waals surface area contributed by atoms with Crippen LogP contribution in [0.4, 0.5) is 0 Å². The van der Waals surface area contributed by atoms with E-state index >= 15 is 0 Å². The summed E-state index contributed by atoms with van der Waals surface area (Å²) in [6.07, 6.45) is 2.12. The van der Waals surface area contributed by atoms with Crippen molar-refractivity contribution >= 4 is 22.9 Å². The van der Waals surface area contributed by atoms with E-state index in [9.17, 15) is 14.7 Å². The number of hydrogen-bond acceptors (Lipinski definition) is 6. The van der Waals surface area contributed by atoms with Gasteiger partial charge in [0.25, 0.3) is 5.91 Å². The molecule has 0 radical (unpaired) electrons. The van der Waals surface area contributed by atoms with E-state index < -0.39 is 23.6 Å². The van der Waals surface area contributed by atoms with Gasteiger partial charge in [0, 0.05) is 24.8 Å². The Hall–Kier alpha value is -3.26. The summed E-state index contributed by atoms with van der Waals surface area (Å²) in [6, 6.07) is 6.24. The quantitative estimate of drug-likeness (QED) is 0.596. The van der Waals surface area contributed by atoms with Crippen molar-refractivity contribution in [1.29, 1.82) is 0 Å². The molecular formula is C20H22N4O4. The number of ether oxygens (including phenoxy) is 1. The van der Waals surface area contributed by atoms with E-state index in [4.69, 9.17) is 4.74 Å². The van der Waals surface area contributed by atoms with E-state index in [0.717, 1.165) is 5.39 Å².